The first-order valence-corrected chi connectivity index (χ1v) is 6.35. The lowest BCUT2D eigenvalue weighted by Gasteiger charge is -2.08. The number of hydrogen-bond donors (Lipinski definition) is 1. The van der Waals surface area contributed by atoms with Crippen molar-refractivity contribution in [3.63, 3.8) is 0 Å². The summed E-state index contributed by atoms with van der Waals surface area (Å²) in [5.41, 5.74) is 1.60. The summed E-state index contributed by atoms with van der Waals surface area (Å²) < 4.78 is 18.6. The van der Waals surface area contributed by atoms with E-state index in [0.29, 0.717) is 23.7 Å². The Morgan fingerprint density at radius 3 is 2.40 bits per heavy atom. The van der Waals surface area contributed by atoms with Gasteiger partial charge in [0.15, 0.2) is 0 Å². The molecule has 2 aromatic rings. The molecule has 0 aliphatic heterocycles. The van der Waals surface area contributed by atoms with Crippen molar-refractivity contribution in [2.75, 3.05) is 7.11 Å². The van der Waals surface area contributed by atoms with E-state index in [0.717, 1.165) is 11.3 Å². The molecule has 0 saturated heterocycles. The van der Waals surface area contributed by atoms with Crippen molar-refractivity contribution in [2.45, 2.75) is 13.1 Å². The number of benzene rings is 2. The zero-order chi connectivity index (χ0) is 13.7. The van der Waals surface area contributed by atoms with Crippen molar-refractivity contribution in [3.05, 3.63) is 64.4 Å². The molecule has 0 aromatic heterocycles. The summed E-state index contributed by atoms with van der Waals surface area (Å²) >= 11 is 5.95. The van der Waals surface area contributed by atoms with Gasteiger partial charge in [-0.1, -0.05) is 29.8 Å². The zero-order valence-electron chi connectivity index (χ0n) is 11.0. The molecular weight excluding hydrogens is 300 g/mol. The highest BCUT2D eigenvalue weighted by Crippen LogP contribution is 2.18. The molecule has 0 radical (unpaired) electrons. The summed E-state index contributed by atoms with van der Waals surface area (Å²) in [6, 6.07) is 12.4. The Labute approximate surface area is 129 Å². The minimum atomic E-state index is -0.283. The molecule has 0 heterocycles. The van der Waals surface area contributed by atoms with E-state index in [1.165, 1.54) is 6.07 Å². The van der Waals surface area contributed by atoms with E-state index >= 15 is 0 Å². The van der Waals surface area contributed by atoms with Crippen LogP contribution in [-0.4, -0.2) is 7.11 Å². The van der Waals surface area contributed by atoms with Crippen LogP contribution in [0, 0.1) is 5.82 Å². The van der Waals surface area contributed by atoms with Gasteiger partial charge < -0.3 is 10.1 Å². The highest BCUT2D eigenvalue weighted by atomic mass is 35.5. The number of methoxy groups -OCH3 is 1. The number of rotatable bonds is 5. The first-order valence-electron chi connectivity index (χ1n) is 5.97. The summed E-state index contributed by atoms with van der Waals surface area (Å²) in [5, 5.41) is 3.62. The van der Waals surface area contributed by atoms with Gasteiger partial charge in [0.2, 0.25) is 0 Å². The van der Waals surface area contributed by atoms with E-state index < -0.39 is 0 Å². The third-order valence-corrected chi connectivity index (χ3v) is 3.21. The van der Waals surface area contributed by atoms with Gasteiger partial charge in [0, 0.05) is 23.7 Å². The predicted molar refractivity (Wildman–Crippen MR) is 82.2 cm³/mol. The first-order chi connectivity index (χ1) is 9.20. The van der Waals surface area contributed by atoms with Gasteiger partial charge in [-0.3, -0.25) is 0 Å². The fourth-order valence-corrected chi connectivity index (χ4v) is 2.01. The summed E-state index contributed by atoms with van der Waals surface area (Å²) in [6.45, 7) is 1.05. The second-order valence-electron chi connectivity index (χ2n) is 4.15. The molecule has 5 heteroatoms. The van der Waals surface area contributed by atoms with E-state index in [1.807, 2.05) is 24.3 Å². The molecule has 0 unspecified atom stereocenters. The van der Waals surface area contributed by atoms with Crippen molar-refractivity contribution in [3.8, 4) is 5.75 Å². The summed E-state index contributed by atoms with van der Waals surface area (Å²) in [7, 11) is 1.63. The monoisotopic (exact) mass is 315 g/mol. The van der Waals surface area contributed by atoms with Crippen molar-refractivity contribution in [1.82, 2.24) is 5.32 Å². The Morgan fingerprint density at radius 2 is 1.80 bits per heavy atom. The van der Waals surface area contributed by atoms with Crippen LogP contribution in [0.5, 0.6) is 5.75 Å². The van der Waals surface area contributed by atoms with Crippen LogP contribution < -0.4 is 10.1 Å². The maximum Gasteiger partial charge on any atom is 0.129 e. The lowest BCUT2D eigenvalue weighted by Crippen LogP contribution is -2.14. The maximum absolute atomic E-state index is 13.5. The molecule has 2 nitrogen and oxygen atoms in total. The van der Waals surface area contributed by atoms with Crippen LogP contribution in [0.1, 0.15) is 11.1 Å². The highest BCUT2D eigenvalue weighted by molar-refractivity contribution is 6.31. The van der Waals surface area contributed by atoms with Gasteiger partial charge in [0.1, 0.15) is 11.6 Å². The lowest BCUT2D eigenvalue weighted by atomic mass is 10.2. The molecule has 0 bridgehead atoms. The smallest absolute Gasteiger partial charge is 0.129 e. The normalized spacial score (nSPS) is 9.95. The summed E-state index contributed by atoms with van der Waals surface area (Å²) in [6.07, 6.45) is 0. The quantitative estimate of drug-likeness (QED) is 0.893. The summed E-state index contributed by atoms with van der Waals surface area (Å²) in [4.78, 5) is 0. The van der Waals surface area contributed by atoms with Crippen LogP contribution in [0.15, 0.2) is 42.5 Å². The van der Waals surface area contributed by atoms with Gasteiger partial charge in [0.05, 0.1) is 7.11 Å². The molecule has 2 rings (SSSR count). The second-order valence-corrected chi connectivity index (χ2v) is 4.56. The van der Waals surface area contributed by atoms with Crippen LogP contribution >= 0.6 is 24.0 Å². The van der Waals surface area contributed by atoms with Gasteiger partial charge in [-0.2, -0.15) is 0 Å². The van der Waals surface area contributed by atoms with Crippen molar-refractivity contribution in [2.24, 2.45) is 0 Å². The van der Waals surface area contributed by atoms with E-state index in [4.69, 9.17) is 16.3 Å². The number of halogens is 3. The second kappa shape index (κ2) is 8.10. The van der Waals surface area contributed by atoms with Crippen LogP contribution in [-0.2, 0) is 13.1 Å². The van der Waals surface area contributed by atoms with Gasteiger partial charge in [-0.15, -0.1) is 12.4 Å². The third kappa shape index (κ3) is 4.37. The number of ether oxygens (including phenoxy) is 1. The number of nitrogens with one attached hydrogen (secondary N) is 1. The molecule has 2 aromatic carbocycles. The van der Waals surface area contributed by atoms with E-state index in [2.05, 4.69) is 5.32 Å². The maximum atomic E-state index is 13.5. The Bertz CT molecular complexity index is 526. The standard InChI is InChI=1S/C15H15ClFNO.ClH/c1-19-12-7-5-11(6-8-12)9-18-10-13-14(16)3-2-4-15(13)17;/h2-8,18H,9-10H2,1H3;1H. The minimum absolute atomic E-state index is 0. The molecule has 0 atom stereocenters. The van der Waals surface area contributed by atoms with Gasteiger partial charge in [-0.25, -0.2) is 4.39 Å². The molecule has 0 aliphatic carbocycles. The fourth-order valence-electron chi connectivity index (χ4n) is 1.78. The van der Waals surface area contributed by atoms with Gasteiger partial charge in [-0.05, 0) is 29.8 Å². The minimum Gasteiger partial charge on any atom is -0.497 e. The molecule has 0 aliphatic rings. The summed E-state index contributed by atoms with van der Waals surface area (Å²) in [5.74, 6) is 0.538. The first kappa shape index (κ1) is 16.8. The Hall–Kier alpha value is -1.29. The molecule has 20 heavy (non-hydrogen) atoms. The molecule has 108 valence electrons. The fraction of sp³-hybridized carbons (Fsp3) is 0.200. The van der Waals surface area contributed by atoms with Crippen molar-refractivity contribution >= 4 is 24.0 Å². The van der Waals surface area contributed by atoms with E-state index in [-0.39, 0.29) is 18.2 Å². The van der Waals surface area contributed by atoms with Crippen LogP contribution in [0.3, 0.4) is 0 Å². The van der Waals surface area contributed by atoms with E-state index in [1.54, 1.807) is 19.2 Å². The predicted octanol–water partition coefficient (Wildman–Crippen LogP) is 4.20. The van der Waals surface area contributed by atoms with E-state index in [9.17, 15) is 4.39 Å². The lowest BCUT2D eigenvalue weighted by molar-refractivity contribution is 0.414. The molecule has 1 N–H and O–H groups in total. The van der Waals surface area contributed by atoms with Crippen LogP contribution in [0.4, 0.5) is 4.39 Å². The average Bonchev–Trinajstić information content (AvgIpc) is 2.43. The molecular formula is C15H16Cl2FNO. The molecule has 0 saturated carbocycles. The van der Waals surface area contributed by atoms with Crippen LogP contribution in [0.25, 0.3) is 0 Å². The zero-order valence-corrected chi connectivity index (χ0v) is 12.6. The Balaban J connectivity index is 0.00000200. The number of hydrogen-bond acceptors (Lipinski definition) is 2. The largest absolute Gasteiger partial charge is 0.497 e. The Kier molecular flexibility index (Phi) is 6.79. The SMILES string of the molecule is COc1ccc(CNCc2c(F)cccc2Cl)cc1.Cl. The molecule has 0 spiro atoms. The van der Waals surface area contributed by atoms with Gasteiger partial charge >= 0.3 is 0 Å². The average molecular weight is 316 g/mol. The van der Waals surface area contributed by atoms with Crippen molar-refractivity contribution in [1.29, 1.82) is 0 Å². The highest BCUT2D eigenvalue weighted by Gasteiger charge is 2.05. The molecule has 0 fully saturated rings. The van der Waals surface area contributed by atoms with Crippen LogP contribution in [0.2, 0.25) is 5.02 Å². The topological polar surface area (TPSA) is 21.3 Å². The Morgan fingerprint density at radius 1 is 1.10 bits per heavy atom. The van der Waals surface area contributed by atoms with Crippen molar-refractivity contribution < 1.29 is 9.13 Å². The molecule has 0 amide bonds. The third-order valence-electron chi connectivity index (χ3n) is 2.85. The van der Waals surface area contributed by atoms with Gasteiger partial charge in [0.25, 0.3) is 0 Å².